The van der Waals surface area contributed by atoms with Crippen LogP contribution in [0, 0.1) is 0 Å². The summed E-state index contributed by atoms with van der Waals surface area (Å²) in [5, 5.41) is 9.09. The standard InChI is InChI=1S/C17H36O4S.Na/c1-3-5-7-9-14-17(22(19,20)21)15-11-10-13-16(18)12-8-6-4-2;/h16-18H,3-15H2,1-2H3,(H,19,20,21);/q;+1/p-1. The van der Waals surface area contributed by atoms with Crippen LogP contribution in [0.15, 0.2) is 0 Å². The molecule has 0 aromatic heterocycles. The van der Waals surface area contributed by atoms with Gasteiger partial charge in [-0.05, 0) is 25.7 Å². The molecule has 0 aliphatic carbocycles. The van der Waals surface area contributed by atoms with E-state index in [1.54, 1.807) is 0 Å². The summed E-state index contributed by atoms with van der Waals surface area (Å²) in [6.45, 7) is 4.24. The van der Waals surface area contributed by atoms with Gasteiger partial charge in [-0.1, -0.05) is 71.6 Å². The maximum Gasteiger partial charge on any atom is 1.00 e. The van der Waals surface area contributed by atoms with E-state index >= 15 is 0 Å². The topological polar surface area (TPSA) is 77.4 Å². The van der Waals surface area contributed by atoms with Crippen molar-refractivity contribution in [3.8, 4) is 0 Å². The molecule has 0 bridgehead atoms. The van der Waals surface area contributed by atoms with Gasteiger partial charge < -0.3 is 9.66 Å². The summed E-state index contributed by atoms with van der Waals surface area (Å²) in [6, 6.07) is 0. The summed E-state index contributed by atoms with van der Waals surface area (Å²) in [6.07, 6.45) is 11.1. The SMILES string of the molecule is CCCCCCC(CCCCC(O)CCCCC)S(=O)(=O)[O-].[Na+]. The van der Waals surface area contributed by atoms with Crippen LogP contribution in [-0.4, -0.2) is 29.4 Å². The molecule has 4 nitrogen and oxygen atoms in total. The summed E-state index contributed by atoms with van der Waals surface area (Å²) in [7, 11) is -4.18. The molecule has 6 heteroatoms. The van der Waals surface area contributed by atoms with E-state index in [1.807, 2.05) is 0 Å². The van der Waals surface area contributed by atoms with Gasteiger partial charge in [0.15, 0.2) is 0 Å². The molecule has 0 aromatic carbocycles. The summed E-state index contributed by atoms with van der Waals surface area (Å²) in [5.74, 6) is 0. The molecule has 0 fully saturated rings. The first-order valence-corrected chi connectivity index (χ1v) is 10.5. The molecule has 134 valence electrons. The van der Waals surface area contributed by atoms with Gasteiger partial charge >= 0.3 is 29.6 Å². The number of unbranched alkanes of at least 4 members (excludes halogenated alkanes) is 6. The largest absolute Gasteiger partial charge is 1.00 e. The van der Waals surface area contributed by atoms with Crippen molar-refractivity contribution in [1.29, 1.82) is 0 Å². The molecule has 0 rings (SSSR count). The average molecular weight is 359 g/mol. The Kier molecular flexibility index (Phi) is 18.5. The smallest absolute Gasteiger partial charge is 0.748 e. The number of hydrogen-bond acceptors (Lipinski definition) is 4. The van der Waals surface area contributed by atoms with Crippen LogP contribution >= 0.6 is 0 Å². The molecular weight excluding hydrogens is 323 g/mol. The molecule has 0 aliphatic heterocycles. The maximum absolute atomic E-state index is 11.3. The molecule has 0 spiro atoms. The second-order valence-electron chi connectivity index (χ2n) is 6.40. The zero-order valence-electron chi connectivity index (χ0n) is 15.4. The van der Waals surface area contributed by atoms with Crippen molar-refractivity contribution in [2.24, 2.45) is 0 Å². The molecule has 2 atom stereocenters. The quantitative estimate of drug-likeness (QED) is 0.272. The Labute approximate surface area is 165 Å². The van der Waals surface area contributed by atoms with Crippen molar-refractivity contribution in [1.82, 2.24) is 0 Å². The minimum atomic E-state index is -4.18. The maximum atomic E-state index is 11.3. The van der Waals surface area contributed by atoms with Crippen molar-refractivity contribution in [2.45, 2.75) is 109 Å². The predicted molar refractivity (Wildman–Crippen MR) is 90.9 cm³/mol. The van der Waals surface area contributed by atoms with E-state index in [0.29, 0.717) is 25.7 Å². The first kappa shape index (κ1) is 26.1. The second-order valence-corrected chi connectivity index (χ2v) is 8.05. The fourth-order valence-corrected chi connectivity index (χ4v) is 3.67. The van der Waals surface area contributed by atoms with E-state index in [4.69, 9.17) is 0 Å². The molecule has 0 saturated carbocycles. The van der Waals surface area contributed by atoms with Gasteiger partial charge in [-0.25, -0.2) is 8.42 Å². The van der Waals surface area contributed by atoms with Crippen molar-refractivity contribution in [3.05, 3.63) is 0 Å². The summed E-state index contributed by atoms with van der Waals surface area (Å²) >= 11 is 0. The zero-order chi connectivity index (χ0) is 16.8. The van der Waals surface area contributed by atoms with Gasteiger partial charge in [0.25, 0.3) is 0 Å². The number of rotatable bonds is 15. The van der Waals surface area contributed by atoms with E-state index in [0.717, 1.165) is 57.8 Å². The molecule has 0 aromatic rings. The fourth-order valence-electron chi connectivity index (χ4n) is 2.76. The molecular formula is C17H35NaO4S. The van der Waals surface area contributed by atoms with E-state index in [1.165, 1.54) is 0 Å². The van der Waals surface area contributed by atoms with E-state index < -0.39 is 15.4 Å². The van der Waals surface area contributed by atoms with Crippen LogP contribution in [0.1, 0.15) is 97.3 Å². The molecule has 0 heterocycles. The van der Waals surface area contributed by atoms with E-state index in [-0.39, 0.29) is 35.7 Å². The summed E-state index contributed by atoms with van der Waals surface area (Å²) in [5.41, 5.74) is 0. The predicted octanol–water partition coefficient (Wildman–Crippen LogP) is 1.38. The molecule has 0 saturated heterocycles. The van der Waals surface area contributed by atoms with E-state index in [2.05, 4.69) is 13.8 Å². The van der Waals surface area contributed by atoms with Gasteiger partial charge in [0.1, 0.15) is 0 Å². The molecule has 2 unspecified atom stereocenters. The van der Waals surface area contributed by atoms with Gasteiger partial charge in [-0.3, -0.25) is 0 Å². The Morgan fingerprint density at radius 2 is 1.17 bits per heavy atom. The normalized spacial score (nSPS) is 14.3. The van der Waals surface area contributed by atoms with Crippen LogP contribution in [0.5, 0.6) is 0 Å². The third kappa shape index (κ3) is 16.1. The Hall–Kier alpha value is 0.870. The van der Waals surface area contributed by atoms with Crippen LogP contribution in [0.4, 0.5) is 0 Å². The Morgan fingerprint density at radius 3 is 1.65 bits per heavy atom. The average Bonchev–Trinajstić information content (AvgIpc) is 2.44. The van der Waals surface area contributed by atoms with E-state index in [9.17, 15) is 18.1 Å². The van der Waals surface area contributed by atoms with Gasteiger partial charge in [-0.2, -0.15) is 0 Å². The minimum absolute atomic E-state index is 0. The van der Waals surface area contributed by atoms with Crippen molar-refractivity contribution in [2.75, 3.05) is 0 Å². The number of aliphatic hydroxyl groups excluding tert-OH is 1. The van der Waals surface area contributed by atoms with Crippen molar-refractivity contribution < 1.29 is 47.6 Å². The van der Waals surface area contributed by atoms with Crippen LogP contribution < -0.4 is 29.6 Å². The molecule has 0 amide bonds. The summed E-state index contributed by atoms with van der Waals surface area (Å²) in [4.78, 5) is 0. The Balaban J connectivity index is 0. The molecule has 0 radical (unpaired) electrons. The molecule has 0 aliphatic rings. The number of hydrogen-bond donors (Lipinski definition) is 1. The van der Waals surface area contributed by atoms with Crippen LogP contribution in [0.3, 0.4) is 0 Å². The molecule has 1 N–H and O–H groups in total. The minimum Gasteiger partial charge on any atom is -0.748 e. The van der Waals surface area contributed by atoms with Gasteiger partial charge in [-0.15, -0.1) is 0 Å². The van der Waals surface area contributed by atoms with Crippen LogP contribution in [-0.2, 0) is 10.1 Å². The third-order valence-electron chi connectivity index (χ3n) is 4.24. The van der Waals surface area contributed by atoms with Crippen LogP contribution in [0.25, 0.3) is 0 Å². The third-order valence-corrected chi connectivity index (χ3v) is 5.53. The van der Waals surface area contributed by atoms with Gasteiger partial charge in [0.05, 0.1) is 16.2 Å². The van der Waals surface area contributed by atoms with Crippen molar-refractivity contribution >= 4 is 10.1 Å². The zero-order valence-corrected chi connectivity index (χ0v) is 18.2. The fraction of sp³-hybridized carbons (Fsp3) is 1.00. The van der Waals surface area contributed by atoms with Gasteiger partial charge in [0, 0.05) is 5.25 Å². The van der Waals surface area contributed by atoms with Crippen molar-refractivity contribution in [3.63, 3.8) is 0 Å². The first-order valence-electron chi connectivity index (χ1n) is 9.04. The Bertz CT molecular complexity index is 347. The number of aliphatic hydroxyl groups is 1. The molecule has 23 heavy (non-hydrogen) atoms. The monoisotopic (exact) mass is 358 g/mol. The van der Waals surface area contributed by atoms with Crippen LogP contribution in [0.2, 0.25) is 0 Å². The van der Waals surface area contributed by atoms with Gasteiger partial charge in [0.2, 0.25) is 0 Å². The first-order chi connectivity index (χ1) is 10.4. The second kappa shape index (κ2) is 16.3. The summed E-state index contributed by atoms with van der Waals surface area (Å²) < 4.78 is 33.9. The Morgan fingerprint density at radius 1 is 0.783 bits per heavy atom.